The van der Waals surface area contributed by atoms with Crippen LogP contribution < -0.4 is 0 Å². The summed E-state index contributed by atoms with van der Waals surface area (Å²) in [6.07, 6.45) is 1.14. The highest BCUT2D eigenvalue weighted by atomic mass is 35.7. The Labute approximate surface area is 184 Å². The summed E-state index contributed by atoms with van der Waals surface area (Å²) in [5, 5.41) is 0.0759. The molecule has 2 aliphatic rings. The van der Waals surface area contributed by atoms with Crippen LogP contribution in [-0.4, -0.2) is 48.9 Å². The van der Waals surface area contributed by atoms with Crippen molar-refractivity contribution in [2.24, 2.45) is 23.7 Å². The molecule has 30 heavy (non-hydrogen) atoms. The smallest absolute Gasteiger partial charge is 0.317 e. The monoisotopic (exact) mass is 484 g/mol. The van der Waals surface area contributed by atoms with E-state index < -0.39 is 38.8 Å². The van der Waals surface area contributed by atoms with E-state index in [0.29, 0.717) is 18.6 Å². The van der Waals surface area contributed by atoms with Gasteiger partial charge in [-0.05, 0) is 24.7 Å². The molecule has 0 radical (unpaired) electrons. The van der Waals surface area contributed by atoms with E-state index in [1.54, 1.807) is 6.92 Å². The van der Waals surface area contributed by atoms with E-state index in [2.05, 4.69) is 9.47 Å². The van der Waals surface area contributed by atoms with E-state index in [1.165, 1.54) is 18.7 Å². The van der Waals surface area contributed by atoms with Gasteiger partial charge in [0.05, 0.1) is 30.4 Å². The summed E-state index contributed by atoms with van der Waals surface area (Å²) in [6.45, 7) is 5.15. The second kappa shape index (κ2) is 11.8. The third-order valence-corrected chi connectivity index (χ3v) is 6.84. The van der Waals surface area contributed by atoms with Gasteiger partial charge in [0.2, 0.25) is 9.05 Å². The van der Waals surface area contributed by atoms with Crippen molar-refractivity contribution in [1.29, 1.82) is 0 Å². The minimum Gasteiger partial charge on any atom is -0.393 e. The molecule has 0 aliphatic carbocycles. The molecule has 0 aromatic heterocycles. The maximum absolute atomic E-state index is 11.1. The zero-order valence-corrected chi connectivity index (χ0v) is 19.3. The van der Waals surface area contributed by atoms with Crippen LogP contribution in [0, 0.1) is 23.7 Å². The molecule has 4 unspecified atom stereocenters. The first kappa shape index (κ1) is 26.6. The molecule has 2 fully saturated rings. The average molecular weight is 485 g/mol. The van der Waals surface area contributed by atoms with Crippen LogP contribution >= 0.6 is 22.4 Å². The summed E-state index contributed by atoms with van der Waals surface area (Å²) in [7, 11) is 1.51. The van der Waals surface area contributed by atoms with Crippen molar-refractivity contribution in [2.75, 3.05) is 11.5 Å². The van der Waals surface area contributed by atoms with Crippen LogP contribution in [0.5, 0.6) is 0 Å². The number of thioether (sulfide) groups is 1. The van der Waals surface area contributed by atoms with Gasteiger partial charge in [-0.3, -0.25) is 24.0 Å². The Kier molecular flexibility index (Phi) is 10.5. The number of carbonyl (C=O) groups excluding carboxylic acids is 5. The number of carbonyl (C=O) groups is 5. The van der Waals surface area contributed by atoms with Gasteiger partial charge >= 0.3 is 23.9 Å². The van der Waals surface area contributed by atoms with Crippen molar-refractivity contribution in [1.82, 2.24) is 0 Å². The molecule has 2 heterocycles. The van der Waals surface area contributed by atoms with E-state index in [1.807, 2.05) is 6.92 Å². The van der Waals surface area contributed by atoms with E-state index in [4.69, 9.17) is 10.7 Å². The molecule has 2 rings (SSSR count). The van der Waals surface area contributed by atoms with Gasteiger partial charge in [0.25, 0.3) is 0 Å². The Morgan fingerprint density at radius 1 is 1.00 bits per heavy atom. The highest BCUT2D eigenvalue weighted by Crippen LogP contribution is 2.26. The largest absolute Gasteiger partial charge is 0.393 e. The first-order chi connectivity index (χ1) is 13.8. The van der Waals surface area contributed by atoms with Crippen LogP contribution in [0.15, 0.2) is 0 Å². The highest BCUT2D eigenvalue weighted by Gasteiger charge is 2.35. The third kappa shape index (κ3) is 10.5. The minimum absolute atomic E-state index is 0.0332. The Morgan fingerprint density at radius 3 is 1.77 bits per heavy atom. The topological polar surface area (TPSA) is 138 Å². The van der Waals surface area contributed by atoms with Gasteiger partial charge in [-0.25, -0.2) is 8.42 Å². The molecule has 0 spiro atoms. The Bertz CT molecular complexity index is 793. The average Bonchev–Trinajstić information content (AvgIpc) is 3.04. The van der Waals surface area contributed by atoms with Crippen LogP contribution in [-0.2, 0) is 42.5 Å². The van der Waals surface area contributed by atoms with E-state index in [-0.39, 0.29) is 41.5 Å². The van der Waals surface area contributed by atoms with Crippen molar-refractivity contribution < 1.29 is 41.9 Å². The fourth-order valence-corrected chi connectivity index (χ4v) is 5.23. The van der Waals surface area contributed by atoms with Gasteiger partial charge < -0.3 is 9.47 Å². The quantitative estimate of drug-likeness (QED) is 0.285. The molecular formula is C18H25ClO9S2. The van der Waals surface area contributed by atoms with E-state index in [0.717, 1.165) is 0 Å². The molecule has 0 aromatic carbocycles. The van der Waals surface area contributed by atoms with Gasteiger partial charge in [-0.1, -0.05) is 25.6 Å². The van der Waals surface area contributed by atoms with Crippen molar-refractivity contribution in [2.45, 2.75) is 46.5 Å². The molecule has 0 N–H and O–H groups in total. The summed E-state index contributed by atoms with van der Waals surface area (Å²) in [4.78, 5) is 54.5. The molecular weight excluding hydrogens is 460 g/mol. The normalized spacial score (nSPS) is 23.3. The van der Waals surface area contributed by atoms with Crippen molar-refractivity contribution >= 4 is 60.5 Å². The summed E-state index contributed by atoms with van der Waals surface area (Å²) < 4.78 is 30.3. The number of cyclic esters (lactones) is 4. The first-order valence-corrected chi connectivity index (χ1v) is 12.8. The molecule has 4 atom stereocenters. The summed E-state index contributed by atoms with van der Waals surface area (Å²) in [5.41, 5.74) is 0. The van der Waals surface area contributed by atoms with Crippen LogP contribution in [0.25, 0.3) is 0 Å². The number of halogens is 1. The summed E-state index contributed by atoms with van der Waals surface area (Å²) in [6, 6.07) is 0. The predicted octanol–water partition coefficient (Wildman–Crippen LogP) is 2.05. The van der Waals surface area contributed by atoms with Crippen LogP contribution in [0.3, 0.4) is 0 Å². The van der Waals surface area contributed by atoms with Crippen LogP contribution in [0.4, 0.5) is 0 Å². The van der Waals surface area contributed by atoms with Crippen molar-refractivity contribution in [3.8, 4) is 0 Å². The molecule has 2 aliphatic heterocycles. The van der Waals surface area contributed by atoms with Gasteiger partial charge in [-0.2, -0.15) is 0 Å². The molecule has 0 amide bonds. The van der Waals surface area contributed by atoms with Gasteiger partial charge in [-0.15, -0.1) is 0 Å². The highest BCUT2D eigenvalue weighted by molar-refractivity contribution is 8.13. The number of rotatable bonds is 8. The second-order valence-electron chi connectivity index (χ2n) is 7.58. The fraction of sp³-hybridized carbons (Fsp3) is 0.722. The zero-order chi connectivity index (χ0) is 23.1. The lowest BCUT2D eigenvalue weighted by atomic mass is 9.96. The summed E-state index contributed by atoms with van der Waals surface area (Å²) in [5.74, 6) is -2.34. The van der Waals surface area contributed by atoms with E-state index >= 15 is 0 Å². The fourth-order valence-electron chi connectivity index (χ4n) is 3.11. The lowest BCUT2D eigenvalue weighted by molar-refractivity contribution is -0.155. The summed E-state index contributed by atoms with van der Waals surface area (Å²) >= 11 is 1.25. The van der Waals surface area contributed by atoms with Gasteiger partial charge in [0, 0.05) is 23.4 Å². The van der Waals surface area contributed by atoms with Gasteiger partial charge in [0.1, 0.15) is 0 Å². The number of hydrogen-bond donors (Lipinski definition) is 0. The molecule has 2 saturated heterocycles. The maximum Gasteiger partial charge on any atom is 0.317 e. The van der Waals surface area contributed by atoms with Crippen LogP contribution in [0.2, 0.25) is 0 Å². The SMILES string of the molecule is CC(=O)SCC(C)CC1CC(=O)OC1=O.CC(CC1CC(=O)OC1=O)CS(=O)(=O)Cl. The second-order valence-corrected chi connectivity index (χ2v) is 11.6. The third-order valence-electron chi connectivity index (χ3n) is 4.35. The molecule has 12 heteroatoms. The molecule has 0 saturated carbocycles. The zero-order valence-electron chi connectivity index (χ0n) is 16.9. The minimum atomic E-state index is -3.56. The molecule has 0 bridgehead atoms. The maximum atomic E-state index is 11.1. The lowest BCUT2D eigenvalue weighted by Crippen LogP contribution is -2.16. The Morgan fingerprint density at radius 2 is 1.43 bits per heavy atom. The molecule has 9 nitrogen and oxygen atoms in total. The number of ether oxygens (including phenoxy) is 2. The van der Waals surface area contributed by atoms with E-state index in [9.17, 15) is 32.4 Å². The first-order valence-electron chi connectivity index (χ1n) is 9.31. The Hall–Kier alpha value is -1.46. The number of hydrogen-bond acceptors (Lipinski definition) is 10. The number of esters is 4. The Balaban J connectivity index is 0.000000300. The standard InChI is InChI=1S/C10H14O4S.C8H11ClO5S/c1-6(5-15-7(2)11)3-8-4-9(12)14-10(8)13;1-5(4-15(9,12)13)2-6-3-7(10)14-8(6)11/h6,8H,3-5H2,1-2H3;5-6H,2-4H2,1H3. The lowest BCUT2D eigenvalue weighted by Gasteiger charge is -2.11. The molecule has 170 valence electrons. The van der Waals surface area contributed by atoms with Crippen molar-refractivity contribution in [3.05, 3.63) is 0 Å². The van der Waals surface area contributed by atoms with Crippen LogP contribution in [0.1, 0.15) is 46.5 Å². The van der Waals surface area contributed by atoms with Crippen molar-refractivity contribution in [3.63, 3.8) is 0 Å². The van der Waals surface area contributed by atoms with Gasteiger partial charge in [0.15, 0.2) is 5.12 Å². The molecule has 0 aromatic rings. The predicted molar refractivity (Wildman–Crippen MR) is 109 cm³/mol.